The Morgan fingerprint density at radius 3 is 2.80 bits per heavy atom. The second-order valence-electron chi connectivity index (χ2n) is 7.72. The van der Waals surface area contributed by atoms with E-state index in [2.05, 4.69) is 42.6 Å². The van der Waals surface area contributed by atoms with Crippen LogP contribution in [0.3, 0.4) is 0 Å². The molecule has 130 valence electrons. The van der Waals surface area contributed by atoms with Gasteiger partial charge in [0.05, 0.1) is 11.5 Å². The SMILES string of the molecule is CC1(C(=O)NC2CCCc3cc(N)ccc32)CCCc2ccccc21. The van der Waals surface area contributed by atoms with Crippen molar-refractivity contribution < 1.29 is 4.79 Å². The van der Waals surface area contributed by atoms with E-state index in [0.29, 0.717) is 0 Å². The maximum absolute atomic E-state index is 13.3. The number of hydrogen-bond donors (Lipinski definition) is 2. The highest BCUT2D eigenvalue weighted by Crippen LogP contribution is 2.39. The minimum atomic E-state index is -0.430. The lowest BCUT2D eigenvalue weighted by Gasteiger charge is -2.37. The molecule has 3 N–H and O–H groups in total. The van der Waals surface area contributed by atoms with Gasteiger partial charge in [-0.2, -0.15) is 0 Å². The molecule has 0 heterocycles. The van der Waals surface area contributed by atoms with E-state index in [-0.39, 0.29) is 11.9 Å². The van der Waals surface area contributed by atoms with Crippen molar-refractivity contribution >= 4 is 11.6 Å². The van der Waals surface area contributed by atoms with Crippen molar-refractivity contribution in [2.45, 2.75) is 56.9 Å². The first-order valence-electron chi connectivity index (χ1n) is 9.35. The molecule has 2 aromatic rings. The highest BCUT2D eigenvalue weighted by molar-refractivity contribution is 5.89. The topological polar surface area (TPSA) is 55.1 Å². The summed E-state index contributed by atoms with van der Waals surface area (Å²) < 4.78 is 0. The molecular formula is C22H26N2O. The first-order chi connectivity index (χ1) is 12.1. The molecule has 3 nitrogen and oxygen atoms in total. The molecule has 25 heavy (non-hydrogen) atoms. The highest BCUT2D eigenvalue weighted by atomic mass is 16.2. The smallest absolute Gasteiger partial charge is 0.230 e. The molecule has 2 aliphatic carbocycles. The second kappa shape index (κ2) is 6.21. The molecule has 0 saturated heterocycles. The van der Waals surface area contributed by atoms with Crippen LogP contribution in [0.4, 0.5) is 5.69 Å². The van der Waals surface area contributed by atoms with Gasteiger partial charge in [-0.15, -0.1) is 0 Å². The Bertz CT molecular complexity index is 813. The molecule has 0 fully saturated rings. The lowest BCUT2D eigenvalue weighted by atomic mass is 9.70. The summed E-state index contributed by atoms with van der Waals surface area (Å²) in [5.41, 5.74) is 11.4. The van der Waals surface area contributed by atoms with Crippen LogP contribution in [0.1, 0.15) is 60.9 Å². The maximum Gasteiger partial charge on any atom is 0.230 e. The van der Waals surface area contributed by atoms with Gasteiger partial charge in [0.2, 0.25) is 5.91 Å². The standard InChI is InChI=1S/C22H26N2O/c1-22(13-5-8-15-6-2-3-9-19(15)22)21(25)24-20-10-4-7-16-14-17(23)11-12-18(16)20/h2-3,6,9,11-12,14,20H,4-5,7-8,10,13,23H2,1H3,(H,24,25). The molecule has 2 atom stereocenters. The number of hydrogen-bond acceptors (Lipinski definition) is 2. The number of benzene rings is 2. The van der Waals surface area contributed by atoms with E-state index in [0.717, 1.165) is 44.2 Å². The molecule has 0 aromatic heterocycles. The van der Waals surface area contributed by atoms with E-state index in [9.17, 15) is 4.79 Å². The lowest BCUT2D eigenvalue weighted by Crippen LogP contribution is -2.46. The van der Waals surface area contributed by atoms with E-state index >= 15 is 0 Å². The molecule has 2 unspecified atom stereocenters. The Kier molecular flexibility index (Phi) is 4.03. The quantitative estimate of drug-likeness (QED) is 0.814. The van der Waals surface area contributed by atoms with Gasteiger partial charge in [-0.3, -0.25) is 4.79 Å². The monoisotopic (exact) mass is 334 g/mol. The van der Waals surface area contributed by atoms with Crippen LogP contribution in [0.5, 0.6) is 0 Å². The van der Waals surface area contributed by atoms with Gasteiger partial charge in [0.25, 0.3) is 0 Å². The number of nitrogens with one attached hydrogen (secondary N) is 1. The molecule has 0 saturated carbocycles. The van der Waals surface area contributed by atoms with Crippen LogP contribution in [0.25, 0.3) is 0 Å². The van der Waals surface area contributed by atoms with Crippen LogP contribution in [0.2, 0.25) is 0 Å². The summed E-state index contributed by atoms with van der Waals surface area (Å²) in [4.78, 5) is 13.3. The van der Waals surface area contributed by atoms with E-state index in [4.69, 9.17) is 5.73 Å². The molecule has 0 radical (unpaired) electrons. The molecule has 2 aromatic carbocycles. The zero-order valence-electron chi connectivity index (χ0n) is 14.8. The summed E-state index contributed by atoms with van der Waals surface area (Å²) in [6.07, 6.45) is 6.20. The van der Waals surface area contributed by atoms with E-state index in [1.165, 1.54) is 22.3 Å². The first kappa shape index (κ1) is 16.2. The second-order valence-corrected chi connectivity index (χ2v) is 7.72. The Balaban J connectivity index is 1.62. The normalized spacial score (nSPS) is 24.9. The van der Waals surface area contributed by atoms with Crippen LogP contribution >= 0.6 is 0 Å². The predicted octanol–water partition coefficient (Wildman–Crippen LogP) is 4.06. The third-order valence-electron chi connectivity index (χ3n) is 6.02. The number of nitrogen functional groups attached to an aromatic ring is 1. The average molecular weight is 334 g/mol. The van der Waals surface area contributed by atoms with Gasteiger partial charge in [-0.1, -0.05) is 30.3 Å². The largest absolute Gasteiger partial charge is 0.399 e. The van der Waals surface area contributed by atoms with Crippen LogP contribution in [0.15, 0.2) is 42.5 Å². The van der Waals surface area contributed by atoms with Gasteiger partial charge in [0.15, 0.2) is 0 Å². The van der Waals surface area contributed by atoms with Gasteiger partial charge >= 0.3 is 0 Å². The minimum absolute atomic E-state index is 0.0998. The first-order valence-corrected chi connectivity index (χ1v) is 9.35. The van der Waals surface area contributed by atoms with Crippen molar-refractivity contribution in [1.29, 1.82) is 0 Å². The predicted molar refractivity (Wildman–Crippen MR) is 101 cm³/mol. The molecule has 0 spiro atoms. The average Bonchev–Trinajstić information content (AvgIpc) is 2.62. The highest BCUT2D eigenvalue weighted by Gasteiger charge is 2.39. The summed E-state index contributed by atoms with van der Waals surface area (Å²) in [5, 5.41) is 3.37. The number of aryl methyl sites for hydroxylation is 2. The number of amides is 1. The summed E-state index contributed by atoms with van der Waals surface area (Å²) in [7, 11) is 0. The Morgan fingerprint density at radius 2 is 1.92 bits per heavy atom. The minimum Gasteiger partial charge on any atom is -0.399 e. The molecule has 0 bridgehead atoms. The number of rotatable bonds is 2. The van der Waals surface area contributed by atoms with Crippen LogP contribution in [-0.2, 0) is 23.1 Å². The maximum atomic E-state index is 13.3. The zero-order valence-corrected chi connectivity index (χ0v) is 14.8. The van der Waals surface area contributed by atoms with Gasteiger partial charge in [0.1, 0.15) is 0 Å². The number of anilines is 1. The Morgan fingerprint density at radius 1 is 1.12 bits per heavy atom. The van der Waals surface area contributed by atoms with Gasteiger partial charge in [-0.25, -0.2) is 0 Å². The van der Waals surface area contributed by atoms with Crippen LogP contribution < -0.4 is 11.1 Å². The van der Waals surface area contributed by atoms with Crippen molar-refractivity contribution in [3.05, 3.63) is 64.7 Å². The van der Waals surface area contributed by atoms with Gasteiger partial charge in [-0.05, 0) is 79.8 Å². The fourth-order valence-electron chi connectivity index (χ4n) is 4.58. The van der Waals surface area contributed by atoms with Crippen molar-refractivity contribution in [2.75, 3.05) is 5.73 Å². The lowest BCUT2D eigenvalue weighted by molar-refractivity contribution is -0.127. The van der Waals surface area contributed by atoms with Crippen molar-refractivity contribution in [3.8, 4) is 0 Å². The van der Waals surface area contributed by atoms with Crippen molar-refractivity contribution in [1.82, 2.24) is 5.32 Å². The van der Waals surface area contributed by atoms with E-state index in [1.54, 1.807) is 0 Å². The Labute approximate surface area is 149 Å². The summed E-state index contributed by atoms with van der Waals surface area (Å²) in [5.74, 6) is 0.161. The number of nitrogens with two attached hydrogens (primary N) is 1. The zero-order chi connectivity index (χ0) is 17.4. The number of fused-ring (bicyclic) bond motifs is 2. The summed E-state index contributed by atoms with van der Waals surface area (Å²) in [6, 6.07) is 14.6. The number of carbonyl (C=O) groups is 1. The molecule has 4 rings (SSSR count). The number of carbonyl (C=O) groups excluding carboxylic acids is 1. The van der Waals surface area contributed by atoms with Crippen LogP contribution in [-0.4, -0.2) is 5.91 Å². The Hall–Kier alpha value is -2.29. The van der Waals surface area contributed by atoms with Gasteiger partial charge in [0, 0.05) is 5.69 Å². The third kappa shape index (κ3) is 2.82. The van der Waals surface area contributed by atoms with E-state index in [1.807, 2.05) is 12.1 Å². The fraction of sp³-hybridized carbons (Fsp3) is 0.409. The molecule has 3 heteroatoms. The van der Waals surface area contributed by atoms with Crippen molar-refractivity contribution in [3.63, 3.8) is 0 Å². The van der Waals surface area contributed by atoms with E-state index < -0.39 is 5.41 Å². The summed E-state index contributed by atoms with van der Waals surface area (Å²) in [6.45, 7) is 2.10. The van der Waals surface area contributed by atoms with Crippen molar-refractivity contribution in [2.24, 2.45) is 0 Å². The molecular weight excluding hydrogens is 308 g/mol. The fourth-order valence-corrected chi connectivity index (χ4v) is 4.58. The third-order valence-corrected chi connectivity index (χ3v) is 6.02. The van der Waals surface area contributed by atoms with Gasteiger partial charge < -0.3 is 11.1 Å². The molecule has 2 aliphatic rings. The summed E-state index contributed by atoms with van der Waals surface area (Å²) >= 11 is 0. The molecule has 1 amide bonds. The van der Waals surface area contributed by atoms with Crippen LogP contribution in [0, 0.1) is 0 Å². The molecule has 0 aliphatic heterocycles.